The van der Waals surface area contributed by atoms with Gasteiger partial charge in [-0.2, -0.15) is 0 Å². The lowest BCUT2D eigenvalue weighted by molar-refractivity contribution is 0.220. The van der Waals surface area contributed by atoms with Crippen LogP contribution in [0.2, 0.25) is 0 Å². The van der Waals surface area contributed by atoms with Crippen molar-refractivity contribution in [2.45, 2.75) is 13.8 Å². The average Bonchev–Trinajstić information content (AvgIpc) is 2.65. The molecule has 0 atom stereocenters. The van der Waals surface area contributed by atoms with Crippen LogP contribution in [0.15, 0.2) is 24.3 Å². The number of fused-ring (bicyclic) bond motifs is 1. The number of nitrogens with zero attached hydrogens (tertiary/aromatic N) is 2. The summed E-state index contributed by atoms with van der Waals surface area (Å²) in [5.41, 5.74) is 1.18. The summed E-state index contributed by atoms with van der Waals surface area (Å²) in [6.07, 6.45) is 0. The fourth-order valence-corrected chi connectivity index (χ4v) is 1.79. The number of hydrazine groups is 1. The summed E-state index contributed by atoms with van der Waals surface area (Å²) in [4.78, 5) is 0. The highest BCUT2D eigenvalue weighted by Gasteiger charge is 2.23. The molecule has 3 heteroatoms. The summed E-state index contributed by atoms with van der Waals surface area (Å²) in [6.45, 7) is 6.97. The Morgan fingerprint density at radius 1 is 1.29 bits per heavy atom. The maximum atomic E-state index is 5.58. The largest absolute Gasteiger partial charge is 0.470 e. The van der Waals surface area contributed by atoms with Crippen molar-refractivity contribution in [3.8, 4) is 5.75 Å². The molecule has 0 saturated heterocycles. The van der Waals surface area contributed by atoms with Gasteiger partial charge in [-0.3, -0.25) is 5.01 Å². The zero-order chi connectivity index (χ0) is 9.97. The van der Waals surface area contributed by atoms with E-state index in [0.29, 0.717) is 6.73 Å². The maximum absolute atomic E-state index is 5.58. The van der Waals surface area contributed by atoms with Crippen LogP contribution in [0.4, 0.5) is 5.69 Å². The molecule has 0 aromatic heterocycles. The van der Waals surface area contributed by atoms with Gasteiger partial charge in [-0.15, -0.1) is 0 Å². The Balaban J connectivity index is 2.25. The van der Waals surface area contributed by atoms with Crippen LogP contribution < -0.4 is 9.75 Å². The van der Waals surface area contributed by atoms with E-state index in [1.807, 2.05) is 18.2 Å². The predicted octanol–water partition coefficient (Wildman–Crippen LogP) is 2.10. The van der Waals surface area contributed by atoms with Crippen molar-refractivity contribution in [1.82, 2.24) is 5.01 Å². The summed E-state index contributed by atoms with van der Waals surface area (Å²) in [7, 11) is 0. The third-order valence-electron chi connectivity index (χ3n) is 2.56. The van der Waals surface area contributed by atoms with Crippen LogP contribution in [0.5, 0.6) is 5.75 Å². The van der Waals surface area contributed by atoms with Gasteiger partial charge in [0.15, 0.2) is 6.73 Å². The molecule has 1 aliphatic rings. The molecule has 14 heavy (non-hydrogen) atoms. The Labute approximate surface area is 84.9 Å². The summed E-state index contributed by atoms with van der Waals surface area (Å²) < 4.78 is 5.58. The molecule has 0 aliphatic carbocycles. The van der Waals surface area contributed by atoms with Gasteiger partial charge in [0.2, 0.25) is 0 Å². The van der Waals surface area contributed by atoms with Crippen LogP contribution in [0.1, 0.15) is 13.8 Å². The van der Waals surface area contributed by atoms with E-state index in [1.54, 1.807) is 0 Å². The minimum absolute atomic E-state index is 0.640. The van der Waals surface area contributed by atoms with Crippen LogP contribution >= 0.6 is 0 Å². The first-order valence-corrected chi connectivity index (χ1v) is 5.11. The molecule has 2 rings (SSSR count). The van der Waals surface area contributed by atoms with Crippen LogP contribution in [-0.4, -0.2) is 24.8 Å². The van der Waals surface area contributed by atoms with Crippen LogP contribution in [0, 0.1) is 0 Å². The topological polar surface area (TPSA) is 15.7 Å². The smallest absolute Gasteiger partial charge is 0.175 e. The lowest BCUT2D eigenvalue weighted by atomic mass is 10.3. The van der Waals surface area contributed by atoms with Crippen molar-refractivity contribution in [3.63, 3.8) is 0 Å². The molecule has 0 radical (unpaired) electrons. The average molecular weight is 192 g/mol. The molecule has 0 saturated carbocycles. The van der Waals surface area contributed by atoms with Crippen LogP contribution in [-0.2, 0) is 0 Å². The second-order valence-corrected chi connectivity index (χ2v) is 3.28. The highest BCUT2D eigenvalue weighted by atomic mass is 16.5. The predicted molar refractivity (Wildman–Crippen MR) is 57.3 cm³/mol. The molecular weight excluding hydrogens is 176 g/mol. The molecule has 0 amide bonds. The Bertz CT molecular complexity index is 310. The summed E-state index contributed by atoms with van der Waals surface area (Å²) in [5, 5.41) is 4.46. The number of hydrogen-bond acceptors (Lipinski definition) is 3. The first-order valence-electron chi connectivity index (χ1n) is 5.11. The summed E-state index contributed by atoms with van der Waals surface area (Å²) in [5.74, 6) is 0.986. The third-order valence-corrected chi connectivity index (χ3v) is 2.56. The second-order valence-electron chi connectivity index (χ2n) is 3.28. The standard InChI is InChI=1S/C11H16N2O/c1-3-12(4-2)13-9-14-11-8-6-5-7-10(11)13/h5-8H,3-4,9H2,1-2H3. The van der Waals surface area contributed by atoms with Gasteiger partial charge in [0.25, 0.3) is 0 Å². The molecule has 1 aromatic carbocycles. The van der Waals surface area contributed by atoms with Crippen molar-refractivity contribution in [2.75, 3.05) is 24.8 Å². The van der Waals surface area contributed by atoms with Gasteiger partial charge in [-0.25, -0.2) is 5.01 Å². The molecule has 0 spiro atoms. The van der Waals surface area contributed by atoms with Crippen molar-refractivity contribution in [3.05, 3.63) is 24.3 Å². The lowest BCUT2D eigenvalue weighted by Gasteiger charge is -2.29. The first kappa shape index (κ1) is 9.34. The van der Waals surface area contributed by atoms with Gasteiger partial charge in [0.1, 0.15) is 5.75 Å². The van der Waals surface area contributed by atoms with E-state index >= 15 is 0 Å². The maximum Gasteiger partial charge on any atom is 0.175 e. The van der Waals surface area contributed by atoms with Gasteiger partial charge in [-0.05, 0) is 12.1 Å². The molecule has 0 unspecified atom stereocenters. The molecular formula is C11H16N2O. The summed E-state index contributed by atoms with van der Waals surface area (Å²) in [6, 6.07) is 8.16. The van der Waals surface area contributed by atoms with E-state index in [4.69, 9.17) is 4.74 Å². The fourth-order valence-electron chi connectivity index (χ4n) is 1.79. The number of ether oxygens (including phenoxy) is 1. The molecule has 1 heterocycles. The van der Waals surface area contributed by atoms with Crippen LogP contribution in [0.3, 0.4) is 0 Å². The first-order chi connectivity index (χ1) is 6.86. The minimum atomic E-state index is 0.640. The van der Waals surface area contributed by atoms with E-state index in [2.05, 4.69) is 29.9 Å². The number of para-hydroxylation sites is 2. The molecule has 0 bridgehead atoms. The van der Waals surface area contributed by atoms with E-state index in [1.165, 1.54) is 5.69 Å². The fraction of sp³-hybridized carbons (Fsp3) is 0.455. The molecule has 76 valence electrons. The van der Waals surface area contributed by atoms with Crippen molar-refractivity contribution in [1.29, 1.82) is 0 Å². The van der Waals surface area contributed by atoms with Gasteiger partial charge in [0.05, 0.1) is 5.69 Å². The number of benzene rings is 1. The Morgan fingerprint density at radius 2 is 2.00 bits per heavy atom. The van der Waals surface area contributed by atoms with E-state index in [9.17, 15) is 0 Å². The van der Waals surface area contributed by atoms with Crippen molar-refractivity contribution in [2.24, 2.45) is 0 Å². The van der Waals surface area contributed by atoms with Crippen LogP contribution in [0.25, 0.3) is 0 Å². The number of anilines is 1. The second kappa shape index (κ2) is 3.88. The van der Waals surface area contributed by atoms with Gasteiger partial charge < -0.3 is 4.74 Å². The summed E-state index contributed by atoms with van der Waals surface area (Å²) >= 11 is 0. The highest BCUT2D eigenvalue weighted by Crippen LogP contribution is 2.33. The SMILES string of the molecule is CCN(CC)N1COc2ccccc21. The molecule has 3 nitrogen and oxygen atoms in total. The van der Waals surface area contributed by atoms with Gasteiger partial charge >= 0.3 is 0 Å². The molecule has 0 fully saturated rings. The Kier molecular flexibility index (Phi) is 2.59. The zero-order valence-corrected chi connectivity index (χ0v) is 8.73. The van der Waals surface area contributed by atoms with E-state index in [-0.39, 0.29) is 0 Å². The Morgan fingerprint density at radius 3 is 2.71 bits per heavy atom. The molecule has 1 aliphatic heterocycles. The third kappa shape index (κ3) is 1.44. The molecule has 0 N–H and O–H groups in total. The van der Waals surface area contributed by atoms with Gasteiger partial charge in [-0.1, -0.05) is 26.0 Å². The Hall–Kier alpha value is -1.22. The normalized spacial score (nSPS) is 14.4. The number of hydrogen-bond donors (Lipinski definition) is 0. The zero-order valence-electron chi connectivity index (χ0n) is 8.73. The lowest BCUT2D eigenvalue weighted by Crippen LogP contribution is -2.42. The van der Waals surface area contributed by atoms with Crippen molar-refractivity contribution < 1.29 is 4.74 Å². The van der Waals surface area contributed by atoms with E-state index in [0.717, 1.165) is 18.8 Å². The highest BCUT2D eigenvalue weighted by molar-refractivity contribution is 5.60. The number of rotatable bonds is 3. The molecule has 1 aromatic rings. The minimum Gasteiger partial charge on any atom is -0.470 e. The monoisotopic (exact) mass is 192 g/mol. The quantitative estimate of drug-likeness (QED) is 0.729. The van der Waals surface area contributed by atoms with E-state index < -0.39 is 0 Å². The van der Waals surface area contributed by atoms with Gasteiger partial charge in [0, 0.05) is 13.1 Å². The van der Waals surface area contributed by atoms with Crippen molar-refractivity contribution >= 4 is 5.69 Å².